The van der Waals surface area contributed by atoms with Crippen LogP contribution in [-0.4, -0.2) is 66.4 Å². The van der Waals surface area contributed by atoms with Crippen molar-refractivity contribution in [3.8, 4) is 0 Å². The van der Waals surface area contributed by atoms with E-state index in [0.29, 0.717) is 19.1 Å². The van der Waals surface area contributed by atoms with Crippen LogP contribution in [-0.2, 0) is 4.79 Å². The molecule has 1 atom stereocenters. The van der Waals surface area contributed by atoms with Gasteiger partial charge >= 0.3 is 0 Å². The normalized spacial score (nSPS) is 29.0. The third-order valence-corrected chi connectivity index (χ3v) is 4.84. The van der Waals surface area contributed by atoms with Gasteiger partial charge in [0.2, 0.25) is 5.91 Å². The average molecular weight is 360 g/mol. The minimum absolute atomic E-state index is 0. The standard InChI is InChI=1S/C14H23F2N3O.2ClH/c15-14(16)9-12(17-10-14)13(20)19-7-3-11(4-8-19)18-5-1-2-6-18;;/h11-12,17H,1-10H2;2*1H. The number of likely N-dealkylation sites (tertiary alicyclic amines) is 2. The number of nitrogens with one attached hydrogen (secondary N) is 1. The van der Waals surface area contributed by atoms with Crippen LogP contribution in [0.2, 0.25) is 0 Å². The Balaban J connectivity index is 0.00000121. The highest BCUT2D eigenvalue weighted by Gasteiger charge is 2.44. The summed E-state index contributed by atoms with van der Waals surface area (Å²) in [4.78, 5) is 16.5. The maximum Gasteiger partial charge on any atom is 0.262 e. The molecule has 0 aromatic heterocycles. The number of carbonyl (C=O) groups excluding carboxylic acids is 1. The average Bonchev–Trinajstić information content (AvgIpc) is 3.07. The molecule has 1 amide bonds. The highest BCUT2D eigenvalue weighted by atomic mass is 35.5. The number of hydrogen-bond donors (Lipinski definition) is 1. The Bertz CT molecular complexity index is 373. The fourth-order valence-corrected chi connectivity index (χ4v) is 3.67. The van der Waals surface area contributed by atoms with Gasteiger partial charge in [0.25, 0.3) is 5.92 Å². The third kappa shape index (κ3) is 4.43. The van der Waals surface area contributed by atoms with Gasteiger partial charge in [0.1, 0.15) is 0 Å². The van der Waals surface area contributed by atoms with E-state index in [1.165, 1.54) is 25.9 Å². The van der Waals surface area contributed by atoms with E-state index in [9.17, 15) is 13.6 Å². The molecule has 0 aromatic rings. The first-order chi connectivity index (χ1) is 9.55. The quantitative estimate of drug-likeness (QED) is 0.817. The fraction of sp³-hybridized carbons (Fsp3) is 0.929. The van der Waals surface area contributed by atoms with Crippen LogP contribution in [0, 0.1) is 0 Å². The molecule has 1 N–H and O–H groups in total. The number of nitrogens with zero attached hydrogens (tertiary/aromatic N) is 2. The molecule has 3 fully saturated rings. The van der Waals surface area contributed by atoms with Crippen molar-refractivity contribution in [1.82, 2.24) is 15.1 Å². The minimum atomic E-state index is -2.73. The molecule has 3 rings (SSSR count). The summed E-state index contributed by atoms with van der Waals surface area (Å²) in [6.45, 7) is 3.41. The smallest absolute Gasteiger partial charge is 0.262 e. The van der Waals surface area contributed by atoms with E-state index >= 15 is 0 Å². The first-order valence-corrected chi connectivity index (χ1v) is 7.69. The fourth-order valence-electron chi connectivity index (χ4n) is 3.67. The third-order valence-electron chi connectivity index (χ3n) is 4.84. The summed E-state index contributed by atoms with van der Waals surface area (Å²) >= 11 is 0. The molecule has 0 bridgehead atoms. The van der Waals surface area contributed by atoms with Crippen LogP contribution < -0.4 is 5.32 Å². The number of piperidine rings is 1. The van der Waals surface area contributed by atoms with E-state index < -0.39 is 12.0 Å². The Morgan fingerprint density at radius 1 is 1.05 bits per heavy atom. The summed E-state index contributed by atoms with van der Waals surface area (Å²) in [5.74, 6) is -2.86. The van der Waals surface area contributed by atoms with E-state index in [4.69, 9.17) is 0 Å². The summed E-state index contributed by atoms with van der Waals surface area (Å²) in [6, 6.07) is -0.104. The van der Waals surface area contributed by atoms with Crippen molar-refractivity contribution in [3.63, 3.8) is 0 Å². The second-order valence-corrected chi connectivity index (χ2v) is 6.29. The van der Waals surface area contributed by atoms with Gasteiger partial charge in [-0.15, -0.1) is 24.8 Å². The lowest BCUT2D eigenvalue weighted by molar-refractivity contribution is -0.135. The van der Waals surface area contributed by atoms with Gasteiger partial charge in [-0.2, -0.15) is 0 Å². The lowest BCUT2D eigenvalue weighted by Gasteiger charge is -2.37. The van der Waals surface area contributed by atoms with Crippen LogP contribution in [0.25, 0.3) is 0 Å². The van der Waals surface area contributed by atoms with Crippen molar-refractivity contribution in [2.24, 2.45) is 0 Å². The Morgan fingerprint density at radius 2 is 1.64 bits per heavy atom. The molecule has 8 heteroatoms. The Hall–Kier alpha value is -0.170. The zero-order valence-corrected chi connectivity index (χ0v) is 14.2. The van der Waals surface area contributed by atoms with Crippen molar-refractivity contribution < 1.29 is 13.6 Å². The molecule has 3 heterocycles. The summed E-state index contributed by atoms with van der Waals surface area (Å²) in [6.07, 6.45) is 4.17. The molecule has 0 aromatic carbocycles. The maximum atomic E-state index is 13.1. The second kappa shape index (κ2) is 8.08. The summed E-state index contributed by atoms with van der Waals surface area (Å²) < 4.78 is 26.3. The van der Waals surface area contributed by atoms with Gasteiger partial charge < -0.3 is 9.80 Å². The molecule has 0 aliphatic carbocycles. The van der Waals surface area contributed by atoms with E-state index in [0.717, 1.165) is 12.8 Å². The van der Waals surface area contributed by atoms with E-state index in [2.05, 4.69) is 10.2 Å². The first-order valence-electron chi connectivity index (χ1n) is 7.69. The molecule has 130 valence electrons. The predicted octanol–water partition coefficient (Wildman–Crippen LogP) is 1.91. The van der Waals surface area contributed by atoms with E-state index in [1.54, 1.807) is 4.90 Å². The number of carbonyl (C=O) groups is 1. The zero-order valence-electron chi connectivity index (χ0n) is 12.6. The molecule has 0 spiro atoms. The van der Waals surface area contributed by atoms with Crippen molar-refractivity contribution in [2.75, 3.05) is 32.7 Å². The van der Waals surface area contributed by atoms with Gasteiger partial charge in [-0.25, -0.2) is 8.78 Å². The minimum Gasteiger partial charge on any atom is -0.341 e. The molecule has 0 saturated carbocycles. The SMILES string of the molecule is Cl.Cl.O=C(C1CC(F)(F)CN1)N1CCC(N2CCCC2)CC1. The van der Waals surface area contributed by atoms with Crippen LogP contribution >= 0.6 is 24.8 Å². The van der Waals surface area contributed by atoms with Crippen molar-refractivity contribution in [1.29, 1.82) is 0 Å². The molecule has 3 aliphatic heterocycles. The van der Waals surface area contributed by atoms with Crippen molar-refractivity contribution in [3.05, 3.63) is 0 Å². The lowest BCUT2D eigenvalue weighted by Crippen LogP contribution is -2.50. The number of rotatable bonds is 2. The molecule has 22 heavy (non-hydrogen) atoms. The number of hydrogen-bond acceptors (Lipinski definition) is 3. The van der Waals surface area contributed by atoms with Gasteiger partial charge in [0.15, 0.2) is 0 Å². The van der Waals surface area contributed by atoms with Crippen molar-refractivity contribution in [2.45, 2.75) is 50.1 Å². The molecule has 3 aliphatic rings. The molecular weight excluding hydrogens is 335 g/mol. The highest BCUT2D eigenvalue weighted by Crippen LogP contribution is 2.27. The van der Waals surface area contributed by atoms with Crippen molar-refractivity contribution >= 4 is 30.7 Å². The first kappa shape index (κ1) is 19.9. The second-order valence-electron chi connectivity index (χ2n) is 6.29. The summed E-state index contributed by atoms with van der Waals surface area (Å²) in [5, 5.41) is 2.66. The van der Waals surface area contributed by atoms with Gasteiger partial charge in [-0.1, -0.05) is 0 Å². The lowest BCUT2D eigenvalue weighted by atomic mass is 10.0. The predicted molar refractivity (Wildman–Crippen MR) is 86.3 cm³/mol. The van der Waals surface area contributed by atoms with Gasteiger partial charge in [0, 0.05) is 25.6 Å². The number of amides is 1. The number of halogens is 4. The Kier molecular flexibility index (Phi) is 7.30. The Labute approximate surface area is 142 Å². The molecule has 1 unspecified atom stereocenters. The van der Waals surface area contributed by atoms with Crippen LogP contribution in [0.15, 0.2) is 0 Å². The van der Waals surface area contributed by atoms with Gasteiger partial charge in [-0.05, 0) is 38.8 Å². The van der Waals surface area contributed by atoms with Crippen LogP contribution in [0.5, 0.6) is 0 Å². The molecule has 0 radical (unpaired) electrons. The molecular formula is C14H25Cl2F2N3O. The van der Waals surface area contributed by atoms with Crippen LogP contribution in [0.1, 0.15) is 32.1 Å². The van der Waals surface area contributed by atoms with Crippen LogP contribution in [0.4, 0.5) is 8.78 Å². The highest BCUT2D eigenvalue weighted by molar-refractivity contribution is 5.85. The number of alkyl halides is 2. The molecule has 4 nitrogen and oxygen atoms in total. The summed E-state index contributed by atoms with van der Waals surface area (Å²) in [5.41, 5.74) is 0. The Morgan fingerprint density at radius 3 is 2.14 bits per heavy atom. The maximum absolute atomic E-state index is 13.1. The van der Waals surface area contributed by atoms with E-state index in [-0.39, 0.29) is 43.7 Å². The largest absolute Gasteiger partial charge is 0.341 e. The van der Waals surface area contributed by atoms with Gasteiger partial charge in [0.05, 0.1) is 12.6 Å². The molecule has 3 saturated heterocycles. The summed E-state index contributed by atoms with van der Waals surface area (Å²) in [7, 11) is 0. The zero-order chi connectivity index (χ0) is 14.2. The van der Waals surface area contributed by atoms with Gasteiger partial charge in [-0.3, -0.25) is 10.1 Å². The van der Waals surface area contributed by atoms with E-state index in [1.807, 2.05) is 0 Å². The topological polar surface area (TPSA) is 35.6 Å². The van der Waals surface area contributed by atoms with Crippen LogP contribution in [0.3, 0.4) is 0 Å². The monoisotopic (exact) mass is 359 g/mol.